The predicted octanol–water partition coefficient (Wildman–Crippen LogP) is 4.52. The van der Waals surface area contributed by atoms with Crippen LogP contribution in [-0.4, -0.2) is 29.0 Å². The molecule has 0 atom stereocenters. The van der Waals surface area contributed by atoms with Gasteiger partial charge in [0.25, 0.3) is 0 Å². The van der Waals surface area contributed by atoms with Crippen molar-refractivity contribution >= 4 is 12.1 Å². The van der Waals surface area contributed by atoms with Crippen LogP contribution in [-0.2, 0) is 22.8 Å². The number of carbonyl (C=O) groups excluding carboxylic acids is 1. The van der Waals surface area contributed by atoms with Gasteiger partial charge in [0.15, 0.2) is 0 Å². The van der Waals surface area contributed by atoms with Gasteiger partial charge in [-0.05, 0) is 44.0 Å². The SMILES string of the molecule is CC(C)N(/C(=N/OCc1ccccc1)NC(=O)OCc1ccccc1)C(C)C. The lowest BCUT2D eigenvalue weighted by molar-refractivity contribution is 0.116. The number of guanidine groups is 1. The summed E-state index contributed by atoms with van der Waals surface area (Å²) < 4.78 is 5.32. The Labute approximate surface area is 167 Å². The van der Waals surface area contributed by atoms with Crippen LogP contribution in [0.5, 0.6) is 0 Å². The third-order valence-electron chi connectivity index (χ3n) is 4.01. The smallest absolute Gasteiger partial charge is 0.414 e. The monoisotopic (exact) mass is 383 g/mol. The van der Waals surface area contributed by atoms with Gasteiger partial charge in [-0.2, -0.15) is 0 Å². The zero-order valence-corrected chi connectivity index (χ0v) is 17.0. The van der Waals surface area contributed by atoms with E-state index in [-0.39, 0.29) is 18.7 Å². The minimum atomic E-state index is -0.572. The van der Waals surface area contributed by atoms with Gasteiger partial charge < -0.3 is 14.5 Å². The summed E-state index contributed by atoms with van der Waals surface area (Å²) in [5, 5.41) is 6.91. The first kappa shape index (κ1) is 21.3. The fraction of sp³-hybridized carbons (Fsp3) is 0.364. The number of carbonyl (C=O) groups is 1. The largest absolute Gasteiger partial charge is 0.444 e. The highest BCUT2D eigenvalue weighted by Gasteiger charge is 2.22. The van der Waals surface area contributed by atoms with Gasteiger partial charge in [0.05, 0.1) is 0 Å². The van der Waals surface area contributed by atoms with Gasteiger partial charge in [-0.3, -0.25) is 5.32 Å². The summed E-state index contributed by atoms with van der Waals surface area (Å²) in [4.78, 5) is 19.8. The lowest BCUT2D eigenvalue weighted by Gasteiger charge is -2.32. The summed E-state index contributed by atoms with van der Waals surface area (Å²) in [6.07, 6.45) is -0.572. The van der Waals surface area contributed by atoms with E-state index < -0.39 is 6.09 Å². The third-order valence-corrected chi connectivity index (χ3v) is 4.01. The number of hydrogen-bond acceptors (Lipinski definition) is 4. The Balaban J connectivity index is 2.03. The molecule has 0 aromatic heterocycles. The quantitative estimate of drug-likeness (QED) is 0.434. The fourth-order valence-electron chi connectivity index (χ4n) is 2.81. The number of amides is 1. The highest BCUT2D eigenvalue weighted by atomic mass is 16.6. The Kier molecular flexibility index (Phi) is 8.34. The second-order valence-electron chi connectivity index (χ2n) is 6.96. The van der Waals surface area contributed by atoms with Crippen LogP contribution in [0, 0.1) is 0 Å². The molecule has 0 saturated heterocycles. The van der Waals surface area contributed by atoms with E-state index in [2.05, 4.69) is 10.5 Å². The molecule has 0 radical (unpaired) electrons. The van der Waals surface area contributed by atoms with Crippen LogP contribution in [0.1, 0.15) is 38.8 Å². The van der Waals surface area contributed by atoms with Gasteiger partial charge >= 0.3 is 6.09 Å². The molecule has 0 aliphatic carbocycles. The highest BCUT2D eigenvalue weighted by molar-refractivity contribution is 5.93. The molecule has 0 aliphatic rings. The highest BCUT2D eigenvalue weighted by Crippen LogP contribution is 2.08. The van der Waals surface area contributed by atoms with E-state index in [4.69, 9.17) is 9.57 Å². The van der Waals surface area contributed by atoms with E-state index in [0.717, 1.165) is 11.1 Å². The van der Waals surface area contributed by atoms with Gasteiger partial charge in [-0.1, -0.05) is 60.7 Å². The summed E-state index contributed by atoms with van der Waals surface area (Å²) in [5.41, 5.74) is 1.92. The van der Waals surface area contributed by atoms with Crippen molar-refractivity contribution in [2.45, 2.75) is 53.0 Å². The summed E-state index contributed by atoms with van der Waals surface area (Å²) in [5.74, 6) is 0.332. The van der Waals surface area contributed by atoms with Crippen molar-refractivity contribution in [2.75, 3.05) is 0 Å². The number of benzene rings is 2. The molecule has 0 heterocycles. The number of alkyl carbamates (subject to hydrolysis) is 1. The molecule has 0 saturated carbocycles. The Bertz CT molecular complexity index is 738. The Hall–Kier alpha value is -3.02. The predicted molar refractivity (Wildman–Crippen MR) is 111 cm³/mol. The molecule has 2 rings (SSSR count). The first-order valence-corrected chi connectivity index (χ1v) is 9.47. The lowest BCUT2D eigenvalue weighted by Crippen LogP contribution is -2.50. The van der Waals surface area contributed by atoms with Crippen molar-refractivity contribution in [1.82, 2.24) is 10.2 Å². The van der Waals surface area contributed by atoms with Crippen molar-refractivity contribution < 1.29 is 14.4 Å². The second-order valence-corrected chi connectivity index (χ2v) is 6.96. The molecular weight excluding hydrogens is 354 g/mol. The molecule has 6 nitrogen and oxygen atoms in total. The molecule has 150 valence electrons. The van der Waals surface area contributed by atoms with Gasteiger partial charge in [0.1, 0.15) is 13.2 Å². The summed E-state index contributed by atoms with van der Waals surface area (Å²) in [6, 6.07) is 19.5. The Morgan fingerprint density at radius 3 is 1.89 bits per heavy atom. The molecule has 0 aliphatic heterocycles. The van der Waals surface area contributed by atoms with Crippen molar-refractivity contribution in [3.05, 3.63) is 71.8 Å². The lowest BCUT2D eigenvalue weighted by atomic mass is 10.2. The molecule has 6 heteroatoms. The zero-order chi connectivity index (χ0) is 20.4. The minimum Gasteiger partial charge on any atom is -0.444 e. The number of nitrogens with one attached hydrogen (secondary N) is 1. The summed E-state index contributed by atoms with van der Waals surface area (Å²) >= 11 is 0. The van der Waals surface area contributed by atoms with Crippen LogP contribution in [0.15, 0.2) is 65.8 Å². The van der Waals surface area contributed by atoms with E-state index in [9.17, 15) is 4.79 Å². The van der Waals surface area contributed by atoms with Gasteiger partial charge in [-0.25, -0.2) is 4.79 Å². The van der Waals surface area contributed by atoms with Crippen molar-refractivity contribution in [3.8, 4) is 0 Å². The number of oxime groups is 1. The maximum atomic E-state index is 12.3. The Morgan fingerprint density at radius 1 is 0.893 bits per heavy atom. The molecule has 2 aromatic carbocycles. The Morgan fingerprint density at radius 2 is 1.39 bits per heavy atom. The van der Waals surface area contributed by atoms with Crippen LogP contribution < -0.4 is 5.32 Å². The van der Waals surface area contributed by atoms with Crippen LogP contribution in [0.3, 0.4) is 0 Å². The summed E-state index contributed by atoms with van der Waals surface area (Å²) in [6.45, 7) is 8.63. The summed E-state index contributed by atoms with van der Waals surface area (Å²) in [7, 11) is 0. The van der Waals surface area contributed by atoms with Crippen molar-refractivity contribution in [3.63, 3.8) is 0 Å². The maximum absolute atomic E-state index is 12.3. The second kappa shape index (κ2) is 11.0. The van der Waals surface area contributed by atoms with E-state index in [1.54, 1.807) is 0 Å². The molecule has 0 bridgehead atoms. The topological polar surface area (TPSA) is 63.2 Å². The molecule has 0 spiro atoms. The van der Waals surface area contributed by atoms with E-state index in [1.165, 1.54) is 0 Å². The average Bonchev–Trinajstić information content (AvgIpc) is 2.67. The minimum absolute atomic E-state index is 0.119. The van der Waals surface area contributed by atoms with Gasteiger partial charge in [0.2, 0.25) is 5.96 Å². The number of rotatable bonds is 7. The number of ether oxygens (including phenoxy) is 1. The maximum Gasteiger partial charge on any atom is 0.414 e. The normalized spacial score (nSPS) is 11.4. The zero-order valence-electron chi connectivity index (χ0n) is 17.0. The van der Waals surface area contributed by atoms with Crippen LogP contribution in [0.4, 0.5) is 4.79 Å². The van der Waals surface area contributed by atoms with E-state index in [1.807, 2.05) is 93.3 Å². The van der Waals surface area contributed by atoms with E-state index >= 15 is 0 Å². The van der Waals surface area contributed by atoms with Crippen LogP contribution in [0.2, 0.25) is 0 Å². The van der Waals surface area contributed by atoms with Crippen LogP contribution in [0.25, 0.3) is 0 Å². The molecule has 28 heavy (non-hydrogen) atoms. The average molecular weight is 383 g/mol. The van der Waals surface area contributed by atoms with Crippen molar-refractivity contribution in [1.29, 1.82) is 0 Å². The molecular formula is C22H29N3O3. The molecule has 0 unspecified atom stereocenters. The number of nitrogens with zero attached hydrogens (tertiary/aromatic N) is 2. The first-order chi connectivity index (χ1) is 13.5. The van der Waals surface area contributed by atoms with Gasteiger partial charge in [0, 0.05) is 12.1 Å². The molecule has 1 amide bonds. The standard InChI is InChI=1S/C22H29N3O3/c1-17(2)25(18(3)4)21(24-28-16-20-13-9-6-10-14-20)23-22(26)27-15-19-11-7-5-8-12-19/h5-14,17-18H,15-16H2,1-4H3,(H,23,24,26). The molecule has 1 N–H and O–H groups in total. The third kappa shape index (κ3) is 6.95. The van der Waals surface area contributed by atoms with Gasteiger partial charge in [-0.15, -0.1) is 0 Å². The molecule has 0 fully saturated rings. The first-order valence-electron chi connectivity index (χ1n) is 9.47. The van der Waals surface area contributed by atoms with Crippen molar-refractivity contribution in [2.24, 2.45) is 5.16 Å². The van der Waals surface area contributed by atoms with Crippen LogP contribution >= 0.6 is 0 Å². The number of hydrogen-bond donors (Lipinski definition) is 1. The molecule has 2 aromatic rings. The van der Waals surface area contributed by atoms with E-state index in [0.29, 0.717) is 12.6 Å². The fourth-order valence-corrected chi connectivity index (χ4v) is 2.81.